The summed E-state index contributed by atoms with van der Waals surface area (Å²) in [7, 11) is 0. The second-order valence-electron chi connectivity index (χ2n) is 6.37. The number of hydrogen-bond acceptors (Lipinski definition) is 1. The van der Waals surface area contributed by atoms with E-state index in [1.165, 1.54) is 51.6 Å². The molecule has 4 aromatic carbocycles. The van der Waals surface area contributed by atoms with E-state index in [0.717, 1.165) is 24.1 Å². The first-order chi connectivity index (χ1) is 11.9. The van der Waals surface area contributed by atoms with E-state index in [9.17, 15) is 0 Å². The van der Waals surface area contributed by atoms with Crippen molar-refractivity contribution in [3.05, 3.63) is 54.6 Å². The van der Waals surface area contributed by atoms with E-state index in [1.54, 1.807) is 0 Å². The van der Waals surface area contributed by atoms with Gasteiger partial charge in [0.05, 0.1) is 6.61 Å². The Balaban J connectivity index is 1.67. The number of alkyl halides is 1. The number of hydrogen-bond donors (Lipinski definition) is 0. The topological polar surface area (TPSA) is 9.23 Å². The Morgan fingerprint density at radius 2 is 1.33 bits per heavy atom. The highest BCUT2D eigenvalue weighted by Gasteiger charge is 2.11. The third-order valence-corrected chi connectivity index (χ3v) is 5.33. The fraction of sp³-hybridized carbons (Fsp3) is 0.273. The SMILES string of the molecule is BrCCCCCCOc1ccc2ccc3cccc4ccc1c2c34. The minimum atomic E-state index is 0.798. The van der Waals surface area contributed by atoms with E-state index >= 15 is 0 Å². The molecule has 0 aliphatic heterocycles. The number of rotatable bonds is 7. The van der Waals surface area contributed by atoms with Gasteiger partial charge in [0.2, 0.25) is 0 Å². The second-order valence-corrected chi connectivity index (χ2v) is 7.16. The van der Waals surface area contributed by atoms with Crippen LogP contribution in [0.1, 0.15) is 25.7 Å². The van der Waals surface area contributed by atoms with Crippen molar-refractivity contribution in [2.45, 2.75) is 25.7 Å². The summed E-state index contributed by atoms with van der Waals surface area (Å²) in [6.45, 7) is 0.798. The molecule has 0 unspecified atom stereocenters. The second kappa shape index (κ2) is 6.98. The molecule has 0 spiro atoms. The van der Waals surface area contributed by atoms with Crippen LogP contribution in [0.5, 0.6) is 5.75 Å². The van der Waals surface area contributed by atoms with Crippen molar-refractivity contribution >= 4 is 48.2 Å². The van der Waals surface area contributed by atoms with Crippen LogP contribution in [0.2, 0.25) is 0 Å². The van der Waals surface area contributed by atoms with Gasteiger partial charge in [-0.15, -0.1) is 0 Å². The van der Waals surface area contributed by atoms with Gasteiger partial charge in [0.25, 0.3) is 0 Å². The quantitative estimate of drug-likeness (QED) is 0.192. The molecule has 0 amide bonds. The molecule has 0 N–H and O–H groups in total. The van der Waals surface area contributed by atoms with Gasteiger partial charge in [-0.2, -0.15) is 0 Å². The number of halogens is 1. The van der Waals surface area contributed by atoms with Crippen LogP contribution in [0.25, 0.3) is 32.3 Å². The van der Waals surface area contributed by atoms with Crippen LogP contribution < -0.4 is 4.74 Å². The summed E-state index contributed by atoms with van der Waals surface area (Å²) < 4.78 is 6.13. The highest BCUT2D eigenvalue weighted by molar-refractivity contribution is 9.09. The Labute approximate surface area is 151 Å². The molecule has 24 heavy (non-hydrogen) atoms. The standard InChI is InChI=1S/C22H21BrO/c23-14-3-1-2-4-15-24-20-13-11-18-9-8-16-6-5-7-17-10-12-19(20)22(18)21(16)17/h5-13H,1-4,14-15H2. The van der Waals surface area contributed by atoms with Crippen molar-refractivity contribution in [2.24, 2.45) is 0 Å². The summed E-state index contributed by atoms with van der Waals surface area (Å²) in [5.41, 5.74) is 0. The molecular formula is C22H21BrO. The van der Waals surface area contributed by atoms with Crippen LogP contribution in [0, 0.1) is 0 Å². The average molecular weight is 381 g/mol. The summed E-state index contributed by atoms with van der Waals surface area (Å²) in [6, 6.07) is 19.7. The lowest BCUT2D eigenvalue weighted by molar-refractivity contribution is 0.308. The number of unbranched alkanes of at least 4 members (excludes halogenated alkanes) is 3. The zero-order chi connectivity index (χ0) is 16.4. The van der Waals surface area contributed by atoms with Crippen LogP contribution in [0.15, 0.2) is 54.6 Å². The van der Waals surface area contributed by atoms with Crippen LogP contribution in [-0.4, -0.2) is 11.9 Å². The molecule has 0 aliphatic carbocycles. The monoisotopic (exact) mass is 380 g/mol. The van der Waals surface area contributed by atoms with Crippen molar-refractivity contribution in [3.63, 3.8) is 0 Å². The zero-order valence-electron chi connectivity index (χ0n) is 13.7. The Kier molecular flexibility index (Phi) is 4.57. The lowest BCUT2D eigenvalue weighted by atomic mass is 9.94. The Bertz CT molecular complexity index is 944. The van der Waals surface area contributed by atoms with Crippen molar-refractivity contribution in [2.75, 3.05) is 11.9 Å². The minimum Gasteiger partial charge on any atom is -0.493 e. The molecule has 4 rings (SSSR count). The molecule has 0 aromatic heterocycles. The van der Waals surface area contributed by atoms with Gasteiger partial charge in [-0.05, 0) is 46.5 Å². The lowest BCUT2D eigenvalue weighted by Gasteiger charge is -2.14. The number of benzene rings is 4. The largest absolute Gasteiger partial charge is 0.493 e. The predicted molar refractivity (Wildman–Crippen MR) is 108 cm³/mol. The number of ether oxygens (including phenoxy) is 1. The van der Waals surface area contributed by atoms with Crippen LogP contribution in [0.4, 0.5) is 0 Å². The van der Waals surface area contributed by atoms with Gasteiger partial charge in [0, 0.05) is 16.1 Å². The molecule has 2 heteroatoms. The molecule has 0 atom stereocenters. The Morgan fingerprint density at radius 1 is 0.667 bits per heavy atom. The first-order valence-corrected chi connectivity index (χ1v) is 9.86. The van der Waals surface area contributed by atoms with Gasteiger partial charge in [-0.3, -0.25) is 0 Å². The molecule has 4 aromatic rings. The fourth-order valence-electron chi connectivity index (χ4n) is 3.57. The first kappa shape index (κ1) is 15.7. The molecule has 0 aliphatic rings. The third kappa shape index (κ3) is 2.84. The summed E-state index contributed by atoms with van der Waals surface area (Å²) in [5, 5.41) is 8.92. The highest BCUT2D eigenvalue weighted by atomic mass is 79.9. The summed E-state index contributed by atoms with van der Waals surface area (Å²) >= 11 is 3.48. The molecule has 1 nitrogen and oxygen atoms in total. The van der Waals surface area contributed by atoms with E-state index in [2.05, 4.69) is 70.5 Å². The Hall–Kier alpha value is -1.80. The van der Waals surface area contributed by atoms with E-state index < -0.39 is 0 Å². The van der Waals surface area contributed by atoms with E-state index in [1.807, 2.05) is 0 Å². The lowest BCUT2D eigenvalue weighted by Crippen LogP contribution is -1.98. The summed E-state index contributed by atoms with van der Waals surface area (Å²) in [4.78, 5) is 0. The molecule has 0 heterocycles. The molecule has 0 fully saturated rings. The molecule has 122 valence electrons. The Morgan fingerprint density at radius 3 is 2.12 bits per heavy atom. The minimum absolute atomic E-state index is 0.798. The maximum Gasteiger partial charge on any atom is 0.127 e. The molecule has 0 bridgehead atoms. The average Bonchev–Trinajstić information content (AvgIpc) is 2.63. The molecule has 0 radical (unpaired) electrons. The van der Waals surface area contributed by atoms with Gasteiger partial charge in [0.1, 0.15) is 5.75 Å². The van der Waals surface area contributed by atoms with Crippen molar-refractivity contribution in [3.8, 4) is 5.75 Å². The normalized spacial score (nSPS) is 11.7. The maximum atomic E-state index is 6.13. The zero-order valence-corrected chi connectivity index (χ0v) is 15.3. The van der Waals surface area contributed by atoms with Crippen molar-refractivity contribution < 1.29 is 4.74 Å². The fourth-order valence-corrected chi connectivity index (χ4v) is 3.96. The molecular weight excluding hydrogens is 360 g/mol. The third-order valence-electron chi connectivity index (χ3n) is 4.77. The highest BCUT2D eigenvalue weighted by Crippen LogP contribution is 2.38. The van der Waals surface area contributed by atoms with Gasteiger partial charge in [-0.1, -0.05) is 71.2 Å². The predicted octanol–water partition coefficient (Wildman–Crippen LogP) is 6.92. The smallest absolute Gasteiger partial charge is 0.127 e. The van der Waals surface area contributed by atoms with Gasteiger partial charge >= 0.3 is 0 Å². The molecule has 0 saturated heterocycles. The van der Waals surface area contributed by atoms with Crippen molar-refractivity contribution in [1.29, 1.82) is 0 Å². The van der Waals surface area contributed by atoms with E-state index in [4.69, 9.17) is 4.74 Å². The van der Waals surface area contributed by atoms with Crippen LogP contribution in [0.3, 0.4) is 0 Å². The van der Waals surface area contributed by atoms with Crippen LogP contribution in [-0.2, 0) is 0 Å². The van der Waals surface area contributed by atoms with Crippen molar-refractivity contribution in [1.82, 2.24) is 0 Å². The summed E-state index contributed by atoms with van der Waals surface area (Å²) in [6.07, 6.45) is 4.87. The van der Waals surface area contributed by atoms with Gasteiger partial charge in [0.15, 0.2) is 0 Å². The van der Waals surface area contributed by atoms with Crippen LogP contribution >= 0.6 is 15.9 Å². The molecule has 0 saturated carbocycles. The maximum absolute atomic E-state index is 6.13. The van der Waals surface area contributed by atoms with E-state index in [0.29, 0.717) is 0 Å². The van der Waals surface area contributed by atoms with Gasteiger partial charge in [-0.25, -0.2) is 0 Å². The van der Waals surface area contributed by atoms with Gasteiger partial charge < -0.3 is 4.74 Å². The van der Waals surface area contributed by atoms with E-state index in [-0.39, 0.29) is 0 Å². The first-order valence-electron chi connectivity index (χ1n) is 8.74. The summed E-state index contributed by atoms with van der Waals surface area (Å²) in [5.74, 6) is 1.02.